The number of hydrogen-bond donors (Lipinski definition) is 2. The zero-order valence-corrected chi connectivity index (χ0v) is 31.7. The van der Waals surface area contributed by atoms with Crippen molar-refractivity contribution in [1.29, 1.82) is 5.26 Å². The lowest BCUT2D eigenvalue weighted by molar-refractivity contribution is 0.0800. The Hall–Kier alpha value is -4.92. The summed E-state index contributed by atoms with van der Waals surface area (Å²) >= 11 is 6.93. The summed E-state index contributed by atoms with van der Waals surface area (Å²) in [6, 6.07) is 20.5. The van der Waals surface area contributed by atoms with Gasteiger partial charge in [-0.1, -0.05) is 41.9 Å². The number of pyridine rings is 1. The number of hydrogen-bond acceptors (Lipinski definition) is 9. The number of rotatable bonds is 15. The minimum Gasteiger partial charge on any atom is -0.493 e. The van der Waals surface area contributed by atoms with Crippen LogP contribution in [-0.2, 0) is 33.2 Å². The van der Waals surface area contributed by atoms with Crippen LogP contribution in [0.3, 0.4) is 0 Å². The molecule has 0 radical (unpaired) electrons. The van der Waals surface area contributed by atoms with E-state index >= 15 is 0 Å². The molecular formula is C43H47ClN6O4. The van der Waals surface area contributed by atoms with Crippen LogP contribution >= 0.6 is 11.6 Å². The highest BCUT2D eigenvalue weighted by Gasteiger charge is 2.28. The predicted molar refractivity (Wildman–Crippen MR) is 209 cm³/mol. The van der Waals surface area contributed by atoms with E-state index in [1.165, 1.54) is 22.9 Å². The number of fused-ring (bicyclic) bond motifs is 1. The molecule has 2 aliphatic rings. The van der Waals surface area contributed by atoms with E-state index in [2.05, 4.69) is 69.6 Å². The van der Waals surface area contributed by atoms with Gasteiger partial charge in [0.25, 0.3) is 0 Å². The SMILES string of the molecule is Cc1c(OCCCN2CCC(O)CC2)cccc1-c1cccc2c1CC[C@@H]2Oc1cc(OCc2cncc(C#N)c2)c(CNCc2cn(C)cn2)cc1Cl. The number of halogens is 1. The van der Waals surface area contributed by atoms with Crippen LogP contribution in [0.2, 0.25) is 5.02 Å². The molecule has 7 rings (SSSR count). The van der Waals surface area contributed by atoms with Gasteiger partial charge in [-0.3, -0.25) is 4.98 Å². The van der Waals surface area contributed by atoms with Gasteiger partial charge in [0.2, 0.25) is 0 Å². The van der Waals surface area contributed by atoms with Gasteiger partial charge in [-0.05, 0) is 85.0 Å². The average Bonchev–Trinajstić information content (AvgIpc) is 3.80. The molecule has 2 N–H and O–H groups in total. The molecule has 10 nitrogen and oxygen atoms in total. The standard InChI is InChI=1S/C43H47ClN6O4/c1-29-35(6-4-9-40(29)52-17-5-14-50-15-12-34(51)13-16-50)36-7-3-8-38-37(36)10-11-41(38)54-43-20-42(53-27-31-18-30(21-45)22-46-23-31)32(19-39(43)44)24-47-25-33-26-49(2)28-48-33/h3-4,6-9,18-20,22-23,26,28,34,41,47,51H,5,10-17,24-25,27H2,1-2H3/t41-/m0/s1. The molecule has 1 aliphatic heterocycles. The molecule has 3 aromatic carbocycles. The maximum Gasteiger partial charge on any atom is 0.142 e. The normalized spacial score (nSPS) is 15.9. The van der Waals surface area contributed by atoms with Gasteiger partial charge in [0, 0.05) is 75.6 Å². The Morgan fingerprint density at radius 2 is 1.81 bits per heavy atom. The number of nitrogens with one attached hydrogen (secondary N) is 1. The number of likely N-dealkylation sites (tertiary alicyclic amines) is 1. The number of aliphatic hydroxyl groups is 1. The third kappa shape index (κ3) is 9.05. The van der Waals surface area contributed by atoms with Crippen LogP contribution in [-0.4, -0.2) is 56.9 Å². The highest BCUT2D eigenvalue weighted by atomic mass is 35.5. The Morgan fingerprint density at radius 1 is 0.981 bits per heavy atom. The maximum absolute atomic E-state index is 9.80. The molecule has 1 aliphatic carbocycles. The van der Waals surface area contributed by atoms with E-state index < -0.39 is 0 Å². The van der Waals surface area contributed by atoms with Gasteiger partial charge < -0.3 is 34.1 Å². The predicted octanol–water partition coefficient (Wildman–Crippen LogP) is 7.48. The number of aryl methyl sites for hydroxylation is 1. The number of nitrogens with zero attached hydrogens (tertiary/aromatic N) is 5. The lowest BCUT2D eigenvalue weighted by Crippen LogP contribution is -2.36. The minimum atomic E-state index is -0.175. The summed E-state index contributed by atoms with van der Waals surface area (Å²) in [7, 11) is 1.95. The third-order valence-electron chi connectivity index (χ3n) is 10.3. The molecular weight excluding hydrogens is 700 g/mol. The Bertz CT molecular complexity index is 2100. The number of aromatic nitrogens is 3. The van der Waals surface area contributed by atoms with Crippen molar-refractivity contribution in [2.45, 2.75) is 70.9 Å². The Balaban J connectivity index is 1.06. The van der Waals surface area contributed by atoms with E-state index in [-0.39, 0.29) is 18.8 Å². The molecule has 1 atom stereocenters. The molecule has 5 aromatic rings. The lowest BCUT2D eigenvalue weighted by Gasteiger charge is -2.29. The molecule has 11 heteroatoms. The van der Waals surface area contributed by atoms with Crippen LogP contribution in [0.25, 0.3) is 11.1 Å². The Morgan fingerprint density at radius 3 is 2.63 bits per heavy atom. The molecule has 0 amide bonds. The van der Waals surface area contributed by atoms with Crippen molar-refractivity contribution < 1.29 is 19.3 Å². The number of benzene rings is 3. The lowest BCUT2D eigenvalue weighted by atomic mass is 9.93. The maximum atomic E-state index is 9.80. The van der Waals surface area contributed by atoms with Crippen LogP contribution < -0.4 is 19.5 Å². The van der Waals surface area contributed by atoms with Crippen LogP contribution in [0.1, 0.15) is 70.9 Å². The number of ether oxygens (including phenoxy) is 3. The van der Waals surface area contributed by atoms with Crippen molar-refractivity contribution in [2.24, 2.45) is 7.05 Å². The summed E-state index contributed by atoms with van der Waals surface area (Å²) in [5.41, 5.74) is 9.02. The molecule has 3 heterocycles. The van der Waals surface area contributed by atoms with Crippen LogP contribution in [0.15, 0.2) is 79.5 Å². The highest BCUT2D eigenvalue weighted by molar-refractivity contribution is 6.32. The van der Waals surface area contributed by atoms with Gasteiger partial charge in [0.1, 0.15) is 36.0 Å². The molecule has 280 valence electrons. The van der Waals surface area contributed by atoms with Gasteiger partial charge in [0.05, 0.1) is 35.3 Å². The Kier molecular flexibility index (Phi) is 12.1. The van der Waals surface area contributed by atoms with Crippen molar-refractivity contribution in [3.63, 3.8) is 0 Å². The summed E-state index contributed by atoms with van der Waals surface area (Å²) in [5.74, 6) is 2.10. The average molecular weight is 747 g/mol. The van der Waals surface area contributed by atoms with Gasteiger partial charge in [-0.15, -0.1) is 0 Å². The first-order valence-electron chi connectivity index (χ1n) is 18.7. The topological polar surface area (TPSA) is 118 Å². The molecule has 1 fully saturated rings. The van der Waals surface area contributed by atoms with Crippen LogP contribution in [0, 0.1) is 18.3 Å². The van der Waals surface area contributed by atoms with E-state index in [0.29, 0.717) is 41.8 Å². The van der Waals surface area contributed by atoms with Gasteiger partial charge in [-0.2, -0.15) is 5.26 Å². The second-order valence-corrected chi connectivity index (χ2v) is 14.6. The van der Waals surface area contributed by atoms with Crippen molar-refractivity contribution in [3.05, 3.63) is 124 Å². The van der Waals surface area contributed by atoms with Crippen molar-refractivity contribution in [3.8, 4) is 34.4 Å². The highest BCUT2D eigenvalue weighted by Crippen LogP contribution is 2.44. The molecule has 0 unspecified atom stereocenters. The largest absolute Gasteiger partial charge is 0.493 e. The van der Waals surface area contributed by atoms with E-state index in [9.17, 15) is 10.4 Å². The van der Waals surface area contributed by atoms with Crippen molar-refractivity contribution in [2.75, 3.05) is 26.2 Å². The summed E-state index contributed by atoms with van der Waals surface area (Å²) in [6.45, 7) is 7.00. The summed E-state index contributed by atoms with van der Waals surface area (Å²) in [6.07, 6.45) is 11.0. The monoisotopic (exact) mass is 746 g/mol. The van der Waals surface area contributed by atoms with E-state index in [1.807, 2.05) is 29.9 Å². The number of nitriles is 1. The number of piperidine rings is 1. The smallest absolute Gasteiger partial charge is 0.142 e. The summed E-state index contributed by atoms with van der Waals surface area (Å²) in [4.78, 5) is 11.0. The summed E-state index contributed by atoms with van der Waals surface area (Å²) < 4.78 is 21.3. The molecule has 2 aromatic heterocycles. The van der Waals surface area contributed by atoms with Gasteiger partial charge >= 0.3 is 0 Å². The van der Waals surface area contributed by atoms with Gasteiger partial charge in [0.15, 0.2) is 0 Å². The number of imidazole rings is 1. The van der Waals surface area contributed by atoms with Gasteiger partial charge in [-0.25, -0.2) is 4.98 Å². The number of aliphatic hydroxyl groups excluding tert-OH is 1. The fourth-order valence-corrected chi connectivity index (χ4v) is 7.66. The fraction of sp³-hybridized carbons (Fsp3) is 0.372. The first-order chi connectivity index (χ1) is 26.3. The second-order valence-electron chi connectivity index (χ2n) is 14.2. The van der Waals surface area contributed by atoms with Crippen LogP contribution in [0.4, 0.5) is 0 Å². The minimum absolute atomic E-state index is 0.151. The van der Waals surface area contributed by atoms with Crippen molar-refractivity contribution >= 4 is 11.6 Å². The Labute approximate surface area is 322 Å². The van der Waals surface area contributed by atoms with E-state index in [0.717, 1.165) is 85.4 Å². The second kappa shape index (κ2) is 17.5. The first-order valence-corrected chi connectivity index (χ1v) is 19.1. The first kappa shape index (κ1) is 37.4. The van der Waals surface area contributed by atoms with Crippen molar-refractivity contribution in [1.82, 2.24) is 24.8 Å². The van der Waals surface area contributed by atoms with Crippen LogP contribution in [0.5, 0.6) is 17.2 Å². The molecule has 0 bridgehead atoms. The third-order valence-corrected chi connectivity index (χ3v) is 10.6. The zero-order valence-electron chi connectivity index (χ0n) is 30.9. The molecule has 0 spiro atoms. The molecule has 54 heavy (non-hydrogen) atoms. The fourth-order valence-electron chi connectivity index (χ4n) is 7.43. The molecule has 0 saturated carbocycles. The van der Waals surface area contributed by atoms with E-state index in [1.54, 1.807) is 18.6 Å². The molecule has 1 saturated heterocycles. The van der Waals surface area contributed by atoms with E-state index in [4.69, 9.17) is 25.8 Å². The zero-order chi connectivity index (χ0) is 37.4. The quantitative estimate of drug-likeness (QED) is 0.105. The summed E-state index contributed by atoms with van der Waals surface area (Å²) in [5, 5.41) is 23.1.